The summed E-state index contributed by atoms with van der Waals surface area (Å²) in [5.41, 5.74) is 5.52. The Labute approximate surface area is 156 Å². The topological polar surface area (TPSA) is 50.7 Å². The molecule has 0 saturated carbocycles. The Hall–Kier alpha value is -2.80. The van der Waals surface area contributed by atoms with Crippen LogP contribution in [0.1, 0.15) is 29.3 Å². The molecule has 4 aromatic rings. The van der Waals surface area contributed by atoms with Crippen LogP contribution in [0.15, 0.2) is 30.7 Å². The molecule has 1 aliphatic rings. The van der Waals surface area contributed by atoms with E-state index in [1.54, 1.807) is 8.92 Å². The fourth-order valence-corrected chi connectivity index (χ4v) is 3.98. The first kappa shape index (κ1) is 16.4. The zero-order valence-corrected chi connectivity index (χ0v) is 15.6. The van der Waals surface area contributed by atoms with Crippen LogP contribution in [-0.2, 0) is 0 Å². The number of halogens is 1. The van der Waals surface area contributed by atoms with Crippen molar-refractivity contribution in [3.8, 4) is 11.3 Å². The average molecular weight is 364 g/mol. The third-order valence-corrected chi connectivity index (χ3v) is 5.36. The van der Waals surface area contributed by atoms with Crippen LogP contribution < -0.4 is 0 Å². The molecule has 1 atom stereocenters. The van der Waals surface area contributed by atoms with Crippen LogP contribution in [0.25, 0.3) is 22.6 Å². The Morgan fingerprint density at radius 3 is 2.70 bits per heavy atom. The van der Waals surface area contributed by atoms with E-state index in [1.165, 1.54) is 6.07 Å². The Kier molecular flexibility index (Phi) is 3.55. The Balaban J connectivity index is 1.61. The number of pyridine rings is 1. The normalized spacial score (nSPS) is 18.1. The van der Waals surface area contributed by atoms with Crippen molar-refractivity contribution < 1.29 is 4.39 Å². The summed E-state index contributed by atoms with van der Waals surface area (Å²) < 4.78 is 18.3. The van der Waals surface area contributed by atoms with Gasteiger partial charge in [0.1, 0.15) is 0 Å². The minimum absolute atomic E-state index is 0.327. The van der Waals surface area contributed by atoms with Gasteiger partial charge in [-0.1, -0.05) is 0 Å². The standard InChI is InChI=1S/C20H21FN6/c1-12-6-17(24-27-8-13(2)22-19(12)27)15-7-16(21)20-23-18(11-26(20)10-15)14-4-5-25(3)9-14/h6-8,10-11,14H,4-5,9H2,1-3H3/t14-/m0/s1. The SMILES string of the molecule is Cc1cn2nc(-c3cc(F)c4nc([C@H]5CCN(C)C5)cn4c3)cc(C)c2n1. The van der Waals surface area contributed by atoms with Crippen molar-refractivity contribution in [3.63, 3.8) is 0 Å². The first-order chi connectivity index (χ1) is 13.0. The number of likely N-dealkylation sites (N-methyl/N-ethyl adjacent to an activating group) is 1. The summed E-state index contributed by atoms with van der Waals surface area (Å²) in [4.78, 5) is 11.3. The lowest BCUT2D eigenvalue weighted by atomic mass is 10.1. The number of likely N-dealkylation sites (tertiary alicyclic amines) is 1. The average Bonchev–Trinajstić information content (AvgIpc) is 3.32. The Bertz CT molecular complexity index is 1170. The second-order valence-corrected chi connectivity index (χ2v) is 7.58. The molecule has 138 valence electrons. The Morgan fingerprint density at radius 1 is 1.07 bits per heavy atom. The maximum atomic E-state index is 14.8. The van der Waals surface area contributed by atoms with Crippen molar-refractivity contribution >= 4 is 11.3 Å². The smallest absolute Gasteiger partial charge is 0.173 e. The third-order valence-electron chi connectivity index (χ3n) is 5.36. The van der Waals surface area contributed by atoms with E-state index in [0.29, 0.717) is 17.3 Å². The van der Waals surface area contributed by atoms with Crippen LogP contribution in [0.3, 0.4) is 0 Å². The van der Waals surface area contributed by atoms with E-state index < -0.39 is 0 Å². The quantitative estimate of drug-likeness (QED) is 0.548. The van der Waals surface area contributed by atoms with E-state index >= 15 is 0 Å². The van der Waals surface area contributed by atoms with Gasteiger partial charge >= 0.3 is 0 Å². The fraction of sp³-hybridized carbons (Fsp3) is 0.350. The van der Waals surface area contributed by atoms with Gasteiger partial charge in [-0.15, -0.1) is 0 Å². The van der Waals surface area contributed by atoms with Gasteiger partial charge in [-0.05, 0) is 51.6 Å². The molecule has 5 heterocycles. The molecule has 0 aromatic carbocycles. The largest absolute Gasteiger partial charge is 0.306 e. The van der Waals surface area contributed by atoms with Gasteiger partial charge in [0.05, 0.1) is 23.3 Å². The molecular formula is C20H21FN6. The lowest BCUT2D eigenvalue weighted by molar-refractivity contribution is 0.411. The van der Waals surface area contributed by atoms with E-state index in [1.807, 2.05) is 38.5 Å². The number of fused-ring (bicyclic) bond motifs is 2. The maximum Gasteiger partial charge on any atom is 0.173 e. The highest BCUT2D eigenvalue weighted by Gasteiger charge is 2.24. The van der Waals surface area contributed by atoms with Crippen molar-refractivity contribution in [1.82, 2.24) is 28.9 Å². The number of nitrogens with zero attached hydrogens (tertiary/aromatic N) is 6. The molecule has 7 heteroatoms. The second kappa shape index (κ2) is 5.85. The van der Waals surface area contributed by atoms with E-state index in [4.69, 9.17) is 0 Å². The predicted molar refractivity (Wildman–Crippen MR) is 101 cm³/mol. The zero-order chi connectivity index (χ0) is 18.7. The molecule has 4 aromatic heterocycles. The highest BCUT2D eigenvalue weighted by molar-refractivity contribution is 5.64. The number of imidazole rings is 2. The van der Waals surface area contributed by atoms with Crippen molar-refractivity contribution in [2.24, 2.45) is 0 Å². The predicted octanol–water partition coefficient (Wildman–Crippen LogP) is 3.22. The molecule has 0 aliphatic carbocycles. The third kappa shape index (κ3) is 2.70. The minimum atomic E-state index is -0.327. The fourth-order valence-electron chi connectivity index (χ4n) is 3.98. The number of aryl methyl sites for hydroxylation is 2. The summed E-state index contributed by atoms with van der Waals surface area (Å²) in [7, 11) is 2.11. The highest BCUT2D eigenvalue weighted by atomic mass is 19.1. The number of aromatic nitrogens is 5. The molecule has 6 nitrogen and oxygen atoms in total. The van der Waals surface area contributed by atoms with Crippen molar-refractivity contribution in [3.05, 3.63) is 53.5 Å². The summed E-state index contributed by atoms with van der Waals surface area (Å²) in [6, 6.07) is 3.47. The van der Waals surface area contributed by atoms with Gasteiger partial charge in [0, 0.05) is 30.4 Å². The molecule has 0 amide bonds. The van der Waals surface area contributed by atoms with Crippen LogP contribution in [0.5, 0.6) is 0 Å². The van der Waals surface area contributed by atoms with Gasteiger partial charge < -0.3 is 9.30 Å². The summed E-state index contributed by atoms with van der Waals surface area (Å²) in [6.45, 7) is 5.95. The first-order valence-corrected chi connectivity index (χ1v) is 9.18. The first-order valence-electron chi connectivity index (χ1n) is 9.18. The van der Waals surface area contributed by atoms with E-state index in [0.717, 1.165) is 47.7 Å². The van der Waals surface area contributed by atoms with Crippen LogP contribution in [0.2, 0.25) is 0 Å². The van der Waals surface area contributed by atoms with Gasteiger partial charge in [-0.3, -0.25) is 0 Å². The van der Waals surface area contributed by atoms with Crippen LogP contribution in [-0.4, -0.2) is 49.0 Å². The molecule has 0 spiro atoms. The molecule has 1 saturated heterocycles. The molecule has 0 radical (unpaired) electrons. The Morgan fingerprint density at radius 2 is 1.93 bits per heavy atom. The second-order valence-electron chi connectivity index (χ2n) is 7.58. The summed E-state index contributed by atoms with van der Waals surface area (Å²) in [5.74, 6) is 0.0369. The molecule has 0 N–H and O–H groups in total. The van der Waals surface area contributed by atoms with E-state index in [-0.39, 0.29) is 5.82 Å². The highest BCUT2D eigenvalue weighted by Crippen LogP contribution is 2.28. The zero-order valence-electron chi connectivity index (χ0n) is 15.6. The van der Waals surface area contributed by atoms with Gasteiger partial charge in [-0.25, -0.2) is 18.9 Å². The number of rotatable bonds is 2. The lowest BCUT2D eigenvalue weighted by Crippen LogP contribution is -2.13. The minimum Gasteiger partial charge on any atom is -0.306 e. The van der Waals surface area contributed by atoms with Crippen molar-refractivity contribution in [2.45, 2.75) is 26.2 Å². The van der Waals surface area contributed by atoms with Gasteiger partial charge in [0.25, 0.3) is 0 Å². The summed E-state index contributed by atoms with van der Waals surface area (Å²) in [6.07, 6.45) is 6.81. The van der Waals surface area contributed by atoms with Crippen molar-refractivity contribution in [1.29, 1.82) is 0 Å². The molecule has 0 bridgehead atoms. The summed E-state index contributed by atoms with van der Waals surface area (Å²) in [5, 5.41) is 4.62. The molecule has 27 heavy (non-hydrogen) atoms. The van der Waals surface area contributed by atoms with Gasteiger partial charge in [-0.2, -0.15) is 5.10 Å². The van der Waals surface area contributed by atoms with Crippen LogP contribution in [0.4, 0.5) is 4.39 Å². The monoisotopic (exact) mass is 364 g/mol. The number of hydrogen-bond acceptors (Lipinski definition) is 4. The van der Waals surface area contributed by atoms with Gasteiger partial charge in [0.2, 0.25) is 0 Å². The number of hydrogen-bond donors (Lipinski definition) is 0. The lowest BCUT2D eigenvalue weighted by Gasteiger charge is -2.06. The summed E-state index contributed by atoms with van der Waals surface area (Å²) >= 11 is 0. The van der Waals surface area contributed by atoms with Gasteiger partial charge in [0.15, 0.2) is 17.1 Å². The molecular weight excluding hydrogens is 343 g/mol. The molecule has 1 aliphatic heterocycles. The maximum absolute atomic E-state index is 14.8. The van der Waals surface area contributed by atoms with Crippen LogP contribution in [0, 0.1) is 19.7 Å². The molecule has 0 unspecified atom stereocenters. The molecule has 1 fully saturated rings. The van der Waals surface area contributed by atoms with E-state index in [9.17, 15) is 4.39 Å². The van der Waals surface area contributed by atoms with Crippen molar-refractivity contribution in [2.75, 3.05) is 20.1 Å². The van der Waals surface area contributed by atoms with E-state index in [2.05, 4.69) is 27.0 Å². The van der Waals surface area contributed by atoms with Crippen LogP contribution >= 0.6 is 0 Å². The molecule has 5 rings (SSSR count).